The first-order valence-corrected chi connectivity index (χ1v) is 9.62. The number of benzene rings is 1. The number of amides is 2. The minimum absolute atomic E-state index is 0.150. The summed E-state index contributed by atoms with van der Waals surface area (Å²) in [5, 5.41) is 0. The molecule has 4 rings (SSSR count). The molecular weight excluding hydrogens is 354 g/mol. The van der Waals surface area contributed by atoms with Gasteiger partial charge in [0.15, 0.2) is 18.2 Å². The summed E-state index contributed by atoms with van der Waals surface area (Å²) in [6, 6.07) is 2.98. The number of carbonyl (C=O) groups is 2. The molecule has 7 heteroatoms. The van der Waals surface area contributed by atoms with Crippen LogP contribution in [0, 0.1) is 23.0 Å². The van der Waals surface area contributed by atoms with Gasteiger partial charge in [-0.3, -0.25) is 9.59 Å². The van der Waals surface area contributed by atoms with E-state index in [4.69, 9.17) is 4.74 Å². The van der Waals surface area contributed by atoms with E-state index in [1.165, 1.54) is 18.9 Å². The van der Waals surface area contributed by atoms with Gasteiger partial charge in [-0.05, 0) is 50.2 Å². The SMILES string of the molecule is O=C(COc1ccc(F)cc1F)N1CC[C@@]2(CCCN(CC3CC3)C2=O)C1. The molecule has 2 aliphatic heterocycles. The molecule has 2 saturated heterocycles. The number of halogens is 2. The lowest BCUT2D eigenvalue weighted by atomic mass is 9.78. The first kappa shape index (κ1) is 18.2. The number of nitrogens with zero attached hydrogens (tertiary/aromatic N) is 2. The van der Waals surface area contributed by atoms with E-state index in [0.29, 0.717) is 25.4 Å². The fraction of sp³-hybridized carbons (Fsp3) is 0.600. The van der Waals surface area contributed by atoms with Gasteiger partial charge in [0.1, 0.15) is 5.82 Å². The lowest BCUT2D eigenvalue weighted by molar-refractivity contribution is -0.146. The van der Waals surface area contributed by atoms with Crippen molar-refractivity contribution < 1.29 is 23.1 Å². The molecule has 1 saturated carbocycles. The van der Waals surface area contributed by atoms with Crippen molar-refractivity contribution in [2.75, 3.05) is 32.8 Å². The van der Waals surface area contributed by atoms with Gasteiger partial charge in [-0.1, -0.05) is 0 Å². The molecule has 2 heterocycles. The van der Waals surface area contributed by atoms with Crippen molar-refractivity contribution >= 4 is 11.8 Å². The van der Waals surface area contributed by atoms with Crippen LogP contribution in [-0.4, -0.2) is 54.4 Å². The van der Waals surface area contributed by atoms with Gasteiger partial charge >= 0.3 is 0 Å². The Labute approximate surface area is 157 Å². The third kappa shape index (κ3) is 3.77. The Morgan fingerprint density at radius 1 is 1.22 bits per heavy atom. The molecule has 1 atom stereocenters. The maximum Gasteiger partial charge on any atom is 0.260 e. The minimum atomic E-state index is -0.834. The molecule has 5 nitrogen and oxygen atoms in total. The van der Waals surface area contributed by atoms with Gasteiger partial charge < -0.3 is 14.5 Å². The van der Waals surface area contributed by atoms with Crippen LogP contribution in [0.15, 0.2) is 18.2 Å². The molecule has 1 spiro atoms. The van der Waals surface area contributed by atoms with Crippen LogP contribution < -0.4 is 4.74 Å². The van der Waals surface area contributed by atoms with Crippen molar-refractivity contribution in [1.29, 1.82) is 0 Å². The smallest absolute Gasteiger partial charge is 0.260 e. The Morgan fingerprint density at radius 3 is 2.78 bits per heavy atom. The lowest BCUT2D eigenvalue weighted by Crippen LogP contribution is -2.51. The molecule has 1 aromatic carbocycles. The molecule has 1 aliphatic carbocycles. The molecule has 1 aromatic rings. The average molecular weight is 378 g/mol. The topological polar surface area (TPSA) is 49.9 Å². The molecule has 2 amide bonds. The Bertz CT molecular complexity index is 753. The van der Waals surface area contributed by atoms with Crippen LogP contribution >= 0.6 is 0 Å². The molecule has 3 aliphatic rings. The summed E-state index contributed by atoms with van der Waals surface area (Å²) in [5.74, 6) is -1.12. The monoisotopic (exact) mass is 378 g/mol. The van der Waals surface area contributed by atoms with Crippen LogP contribution in [0.2, 0.25) is 0 Å². The van der Waals surface area contributed by atoms with Gasteiger partial charge in [0.05, 0.1) is 5.41 Å². The second-order valence-corrected chi connectivity index (χ2v) is 8.01. The Balaban J connectivity index is 1.35. The van der Waals surface area contributed by atoms with Crippen molar-refractivity contribution in [3.8, 4) is 5.75 Å². The number of carbonyl (C=O) groups excluding carboxylic acids is 2. The summed E-state index contributed by atoms with van der Waals surface area (Å²) in [6.07, 6.45) is 4.86. The maximum absolute atomic E-state index is 13.6. The summed E-state index contributed by atoms with van der Waals surface area (Å²) in [6.45, 7) is 2.26. The summed E-state index contributed by atoms with van der Waals surface area (Å²) in [4.78, 5) is 29.1. The highest BCUT2D eigenvalue weighted by molar-refractivity contribution is 5.86. The zero-order valence-corrected chi connectivity index (χ0v) is 15.3. The highest BCUT2D eigenvalue weighted by Gasteiger charge is 2.49. The van der Waals surface area contributed by atoms with Crippen molar-refractivity contribution in [2.45, 2.75) is 32.1 Å². The standard InChI is InChI=1S/C20H24F2N2O3/c21-15-4-5-17(16(22)10-15)27-12-18(25)24-9-7-20(13-24)6-1-8-23(19(20)26)11-14-2-3-14/h4-5,10,14H,1-3,6-9,11-13H2/t20-/m0/s1. The van der Waals surface area contributed by atoms with Crippen LogP contribution in [0.3, 0.4) is 0 Å². The predicted molar refractivity (Wildman–Crippen MR) is 94.0 cm³/mol. The van der Waals surface area contributed by atoms with Gasteiger partial charge in [0.25, 0.3) is 5.91 Å². The predicted octanol–water partition coefficient (Wildman–Crippen LogP) is 2.59. The van der Waals surface area contributed by atoms with Crippen LogP contribution in [0.4, 0.5) is 8.78 Å². The van der Waals surface area contributed by atoms with E-state index in [-0.39, 0.29) is 24.2 Å². The lowest BCUT2D eigenvalue weighted by Gasteiger charge is -2.39. The Hall–Kier alpha value is -2.18. The zero-order chi connectivity index (χ0) is 19.0. The second-order valence-electron chi connectivity index (χ2n) is 8.01. The maximum atomic E-state index is 13.6. The number of hydrogen-bond donors (Lipinski definition) is 0. The third-order valence-corrected chi connectivity index (χ3v) is 5.95. The molecule has 0 radical (unpaired) electrons. The van der Waals surface area contributed by atoms with E-state index in [0.717, 1.165) is 38.1 Å². The number of hydrogen-bond acceptors (Lipinski definition) is 3. The minimum Gasteiger partial charge on any atom is -0.481 e. The second kappa shape index (κ2) is 7.09. The molecule has 0 N–H and O–H groups in total. The summed E-state index contributed by atoms with van der Waals surface area (Å²) >= 11 is 0. The largest absolute Gasteiger partial charge is 0.481 e. The van der Waals surface area contributed by atoms with E-state index < -0.39 is 17.0 Å². The van der Waals surface area contributed by atoms with Gasteiger partial charge in [0.2, 0.25) is 5.91 Å². The number of rotatable bonds is 5. The number of piperidine rings is 1. The van der Waals surface area contributed by atoms with Crippen molar-refractivity contribution in [1.82, 2.24) is 9.80 Å². The first-order valence-electron chi connectivity index (χ1n) is 9.62. The fourth-order valence-electron chi connectivity index (χ4n) is 4.23. The molecule has 146 valence electrons. The average Bonchev–Trinajstić information content (AvgIpc) is 3.35. The first-order chi connectivity index (χ1) is 13.0. The van der Waals surface area contributed by atoms with Gasteiger partial charge in [-0.25, -0.2) is 8.78 Å². The number of ether oxygens (including phenoxy) is 1. The third-order valence-electron chi connectivity index (χ3n) is 5.95. The van der Waals surface area contributed by atoms with Crippen molar-refractivity contribution in [2.24, 2.45) is 11.3 Å². The van der Waals surface area contributed by atoms with E-state index in [9.17, 15) is 18.4 Å². The Morgan fingerprint density at radius 2 is 2.04 bits per heavy atom. The summed E-state index contributed by atoms with van der Waals surface area (Å²) < 4.78 is 31.8. The summed E-state index contributed by atoms with van der Waals surface area (Å²) in [7, 11) is 0. The highest BCUT2D eigenvalue weighted by atomic mass is 19.1. The zero-order valence-electron chi connectivity index (χ0n) is 15.3. The normalized spacial score (nSPS) is 25.3. The highest BCUT2D eigenvalue weighted by Crippen LogP contribution is 2.41. The van der Waals surface area contributed by atoms with Crippen LogP contribution in [0.25, 0.3) is 0 Å². The molecule has 27 heavy (non-hydrogen) atoms. The fourth-order valence-corrected chi connectivity index (χ4v) is 4.23. The summed E-state index contributed by atoms with van der Waals surface area (Å²) in [5.41, 5.74) is -0.468. The van der Waals surface area contributed by atoms with Crippen molar-refractivity contribution in [3.63, 3.8) is 0 Å². The van der Waals surface area contributed by atoms with E-state index in [2.05, 4.69) is 0 Å². The van der Waals surface area contributed by atoms with Crippen LogP contribution in [0.5, 0.6) is 5.75 Å². The van der Waals surface area contributed by atoms with Gasteiger partial charge in [-0.2, -0.15) is 0 Å². The molecule has 0 bridgehead atoms. The molecular formula is C20H24F2N2O3. The molecule has 0 unspecified atom stereocenters. The molecule has 3 fully saturated rings. The van der Waals surface area contributed by atoms with E-state index >= 15 is 0 Å². The van der Waals surface area contributed by atoms with Gasteiger partial charge in [0, 0.05) is 32.2 Å². The van der Waals surface area contributed by atoms with E-state index in [1.54, 1.807) is 4.90 Å². The van der Waals surface area contributed by atoms with Crippen molar-refractivity contribution in [3.05, 3.63) is 29.8 Å². The van der Waals surface area contributed by atoms with E-state index in [1.807, 2.05) is 4.90 Å². The Kier molecular flexibility index (Phi) is 4.78. The quantitative estimate of drug-likeness (QED) is 0.791. The number of likely N-dealkylation sites (tertiary alicyclic amines) is 2. The van der Waals surface area contributed by atoms with Gasteiger partial charge in [-0.15, -0.1) is 0 Å². The molecule has 0 aromatic heterocycles. The van der Waals surface area contributed by atoms with Crippen LogP contribution in [0.1, 0.15) is 32.1 Å². The van der Waals surface area contributed by atoms with Crippen LogP contribution in [-0.2, 0) is 9.59 Å².